The summed E-state index contributed by atoms with van der Waals surface area (Å²) < 4.78 is 0.947. The number of rotatable bonds is 6. The Bertz CT molecular complexity index is 6330. The first-order valence-electron chi connectivity index (χ1n) is 48.1. The molecule has 3 aliphatic heterocycles. The summed E-state index contributed by atoms with van der Waals surface area (Å²) in [7, 11) is 0.463. The first kappa shape index (κ1) is 102. The number of nitrogens with one attached hydrogen (secondary N) is 7. The molecule has 3 atom stereocenters. The second-order valence-electron chi connectivity index (χ2n) is 38.5. The van der Waals surface area contributed by atoms with Crippen LogP contribution in [0.4, 0.5) is 14.4 Å². The van der Waals surface area contributed by atoms with Gasteiger partial charge in [0.1, 0.15) is 0 Å². The SMILES string of the molecule is CC(C)O.CC(C)O.CC(C)O.CC(C)O.CN.N=C1c2ccccc2-c2ccc(C3CC3)cc21.O=C1NC(=O)C2(N1)c1ccccc1-c1ccc(C3CC3)cc12.O=C1NC(=O)[C@@]2(N1)c1ccccc1-c1ccc(C3CC3)cc12.O=C1NC(=O)[C@]2(N1)c1ccccc1-c1ccc(C3CC3)cc12.O=C1c2ccccc2-c2ccc(Br)cc21.O=C1c2ccccc2-c2ccc(C3CC3)cc21.OB(O)C1CC1.[Ti]. The van der Waals surface area contributed by atoms with E-state index in [9.17, 15) is 38.4 Å². The number of hydrogen-bond donors (Lipinski definition) is 14. The third kappa shape index (κ3) is 21.2. The molecule has 27 rings (SSSR count). The Hall–Kier alpha value is -12.6. The number of hydrogen-bond acceptors (Lipinski definition) is 16. The molecule has 12 aliphatic carbocycles. The van der Waals surface area contributed by atoms with Gasteiger partial charge in [-0.1, -0.05) is 259 Å². The summed E-state index contributed by atoms with van der Waals surface area (Å²) in [5.74, 6) is 2.97. The predicted octanol–water partition coefficient (Wildman–Crippen LogP) is 20.0. The topological polar surface area (TPSA) is 380 Å². The summed E-state index contributed by atoms with van der Waals surface area (Å²) in [5, 5.41) is 72.8. The molecule has 6 saturated carbocycles. The van der Waals surface area contributed by atoms with Gasteiger partial charge in [0.15, 0.2) is 28.2 Å². The van der Waals surface area contributed by atoms with Gasteiger partial charge in [0, 0.05) is 84.0 Å². The van der Waals surface area contributed by atoms with E-state index in [1.165, 1.54) is 110 Å². The van der Waals surface area contributed by atoms with Crippen molar-refractivity contribution in [1.29, 1.82) is 5.41 Å². The van der Waals surface area contributed by atoms with Crippen molar-refractivity contribution >= 4 is 76.1 Å². The predicted molar refractivity (Wildman–Crippen MR) is 547 cm³/mol. The normalized spacial score (nSPS) is 19.1. The number of amides is 9. The fourth-order valence-corrected chi connectivity index (χ4v) is 19.6. The molecule has 0 bridgehead atoms. The number of halogens is 1. The molecular weight excluding hydrogens is 1860 g/mol. The molecule has 15 aliphatic rings. The van der Waals surface area contributed by atoms with Gasteiger partial charge in [-0.3, -0.25) is 45.3 Å². The molecule has 1 unspecified atom stereocenters. The van der Waals surface area contributed by atoms with E-state index in [2.05, 4.69) is 163 Å². The third-order valence-electron chi connectivity index (χ3n) is 26.3. The van der Waals surface area contributed by atoms with Crippen LogP contribution in [0.3, 0.4) is 0 Å². The summed E-state index contributed by atoms with van der Waals surface area (Å²) in [5.41, 5.74) is 32.3. The van der Waals surface area contributed by atoms with Crippen LogP contribution in [0.2, 0.25) is 5.82 Å². The van der Waals surface area contributed by atoms with Gasteiger partial charge in [-0.2, -0.15) is 0 Å². The fourth-order valence-electron chi connectivity index (χ4n) is 19.3. The largest absolute Gasteiger partial charge is 0.454 e. The van der Waals surface area contributed by atoms with E-state index in [4.69, 9.17) is 35.9 Å². The minimum absolute atomic E-state index is 0. The maximum absolute atomic E-state index is 12.6. The van der Waals surface area contributed by atoms with Crippen molar-refractivity contribution in [2.75, 3.05) is 7.05 Å². The maximum atomic E-state index is 12.6. The van der Waals surface area contributed by atoms with Crippen LogP contribution in [-0.4, -0.2) is 122 Å². The van der Waals surface area contributed by atoms with Crippen LogP contribution in [0, 0.1) is 5.41 Å². The summed E-state index contributed by atoms with van der Waals surface area (Å²) in [4.78, 5) is 97.7. The first-order valence-corrected chi connectivity index (χ1v) is 48.9. The Balaban J connectivity index is 0.000000122. The average Bonchev–Trinajstić information content (AvgIpc) is 1.55. The number of imide groups is 3. The van der Waals surface area contributed by atoms with Crippen LogP contribution in [0.5, 0.6) is 0 Å². The summed E-state index contributed by atoms with van der Waals surface area (Å²) >= 11 is 3.38. The Morgan fingerprint density at radius 1 is 0.293 bits per heavy atom. The van der Waals surface area contributed by atoms with Gasteiger partial charge in [0.25, 0.3) is 17.7 Å². The van der Waals surface area contributed by atoms with Gasteiger partial charge in [-0.05, 0) is 314 Å². The molecule has 140 heavy (non-hydrogen) atoms. The number of aliphatic hydroxyl groups excluding tert-OH is 4. The molecule has 3 saturated heterocycles. The fraction of sp³-hybridized carbons (Fsp3) is 0.296. The van der Waals surface area contributed by atoms with Crippen molar-refractivity contribution in [2.45, 2.75) is 209 Å². The monoisotopic (exact) mass is 1970 g/mol. The first-order chi connectivity index (χ1) is 66.8. The van der Waals surface area contributed by atoms with E-state index in [1.54, 1.807) is 55.4 Å². The Kier molecular flexibility index (Phi) is 31.2. The van der Waals surface area contributed by atoms with Crippen molar-refractivity contribution in [3.8, 4) is 66.8 Å². The van der Waals surface area contributed by atoms with E-state index >= 15 is 0 Å². The minimum Gasteiger partial charge on any atom is -0.427 e. The number of aliphatic hydroxyl groups is 4. The van der Waals surface area contributed by atoms with Crippen LogP contribution >= 0.6 is 15.9 Å². The van der Waals surface area contributed by atoms with Gasteiger partial charge in [0.2, 0.25) is 0 Å². The van der Waals surface area contributed by atoms with Crippen LogP contribution in [0.15, 0.2) is 259 Å². The van der Waals surface area contributed by atoms with E-state index in [0.29, 0.717) is 29.4 Å². The van der Waals surface area contributed by atoms with Crippen molar-refractivity contribution in [3.05, 3.63) is 354 Å². The molecule has 9 amide bonds. The molecule has 0 aromatic heterocycles. The number of carbonyl (C=O) groups excluding carboxylic acids is 8. The molecule has 3 heterocycles. The smallest absolute Gasteiger partial charge is 0.427 e. The number of fused-ring (bicyclic) bond motifs is 24. The zero-order valence-corrected chi connectivity index (χ0v) is 83.1. The average molecular weight is 1970 g/mol. The molecule has 12 aromatic rings. The molecule has 716 valence electrons. The van der Waals surface area contributed by atoms with Crippen LogP contribution < -0.4 is 37.6 Å². The molecule has 12 aromatic carbocycles. The number of ketones is 2. The minimum atomic E-state index is -1.06. The van der Waals surface area contributed by atoms with Crippen molar-refractivity contribution in [3.63, 3.8) is 0 Å². The zero-order chi connectivity index (χ0) is 98.8. The zero-order valence-electron chi connectivity index (χ0n) is 80.0. The van der Waals surface area contributed by atoms with Crippen molar-refractivity contribution < 1.29 is 90.5 Å². The second-order valence-corrected chi connectivity index (χ2v) is 39.4. The van der Waals surface area contributed by atoms with Gasteiger partial charge >= 0.3 is 25.2 Å². The third-order valence-corrected chi connectivity index (χ3v) is 26.8. The Labute approximate surface area is 840 Å². The van der Waals surface area contributed by atoms with Crippen LogP contribution in [-0.2, 0) is 52.7 Å². The van der Waals surface area contributed by atoms with Gasteiger partial charge in [0.05, 0.1) is 5.71 Å². The number of nitrogens with two attached hydrogens (primary N) is 1. The van der Waals surface area contributed by atoms with Gasteiger partial charge in [-0.25, -0.2) is 14.4 Å². The quantitative estimate of drug-likeness (QED) is 0.0543. The summed E-state index contributed by atoms with van der Waals surface area (Å²) in [6, 6.07) is 84.0. The number of urea groups is 3. The molecule has 3 spiro atoms. The second kappa shape index (κ2) is 42.9. The Morgan fingerprint density at radius 3 is 0.786 bits per heavy atom. The summed E-state index contributed by atoms with van der Waals surface area (Å²) in [6.07, 6.45) is 13.8. The maximum Gasteiger partial charge on any atom is 0.454 e. The number of carbonyl (C=O) groups is 8. The summed E-state index contributed by atoms with van der Waals surface area (Å²) in [6.45, 7) is 13.8. The molecule has 9 fully saturated rings. The van der Waals surface area contributed by atoms with Crippen LogP contribution in [0.1, 0.15) is 266 Å². The molecule has 15 N–H and O–H groups in total. The Morgan fingerprint density at radius 2 is 0.514 bits per heavy atom. The molecular formula is C115H118BBrN8O14Ti. The van der Waals surface area contributed by atoms with E-state index in [0.717, 1.165) is 146 Å². The van der Waals surface area contributed by atoms with E-state index < -0.39 is 41.8 Å². The molecule has 0 radical (unpaired) electrons. The van der Waals surface area contributed by atoms with Crippen molar-refractivity contribution in [1.82, 2.24) is 31.9 Å². The van der Waals surface area contributed by atoms with Gasteiger partial charge in [-0.15, -0.1) is 0 Å². The van der Waals surface area contributed by atoms with E-state index in [1.807, 2.05) is 146 Å². The van der Waals surface area contributed by atoms with Crippen LogP contribution in [0.25, 0.3) is 66.8 Å². The van der Waals surface area contributed by atoms with E-state index in [-0.39, 0.29) is 81.2 Å². The standard InChI is InChI=1S/3C18H14N2O2.C16H13N.C16H12O.C13H7BrO.C3H7BO2.4C3H8O.CH5N.Ti/c3*21-16-18(20-17(22)19-16)14-4-2-1-3-12(14)13-8-7-11(9-15(13)18)10-5-6-10;2*17-16-14-4-2-1-3-12(14)13-8-7-11(9-15(13)16)10-5-6-10;14-8-5-6-10-9-3-1-2-4-11(9)13(15)12(10)7-8;5-4(6)3-1-2-3;4*1-3(2)4;1-2;/h3*1-4,7-10H,5-6H2,(H2,19,20,21,22);1-4,7-10,17H,5-6H2;1-4,7-10H,5-6H2;1-7H;3,5-6H,1-2H2;4*3-4H,1-2H3;2H2,1H3;/t2*18-;;;;;;;;;;;/m10.........../s1. The molecule has 25 heteroatoms. The van der Waals surface area contributed by atoms with Crippen molar-refractivity contribution in [2.24, 2.45) is 5.73 Å². The van der Waals surface area contributed by atoms with Gasteiger partial charge < -0.3 is 52.2 Å². The molecule has 22 nitrogen and oxygen atoms in total. The number of benzene rings is 12.